The van der Waals surface area contributed by atoms with Crippen LogP contribution in [0.15, 0.2) is 146 Å². The van der Waals surface area contributed by atoms with Crippen molar-refractivity contribution in [2.75, 3.05) is 13.2 Å². The fourth-order valence-corrected chi connectivity index (χ4v) is 8.84. The van der Waals surface area contributed by atoms with Gasteiger partial charge in [-0.1, -0.05) is 282 Å². The zero-order valence-corrected chi connectivity index (χ0v) is 52.5. The molecule has 0 heterocycles. The van der Waals surface area contributed by atoms with Crippen LogP contribution in [0.4, 0.5) is 0 Å². The summed E-state index contributed by atoms with van der Waals surface area (Å²) < 4.78 is 16.9. The first-order valence-electron chi connectivity index (χ1n) is 33.3. The first kappa shape index (κ1) is 76.3. The Morgan fingerprint density at radius 3 is 0.827 bits per heavy atom. The molecular weight excluding hydrogens is 997 g/mol. The van der Waals surface area contributed by atoms with Crippen LogP contribution in [0, 0.1) is 0 Å². The number of carbonyl (C=O) groups excluding carboxylic acids is 3. The van der Waals surface area contributed by atoms with E-state index >= 15 is 0 Å². The fourth-order valence-electron chi connectivity index (χ4n) is 8.84. The minimum Gasteiger partial charge on any atom is -0.462 e. The van der Waals surface area contributed by atoms with Gasteiger partial charge in [0.05, 0.1) is 0 Å². The van der Waals surface area contributed by atoms with E-state index in [4.69, 9.17) is 14.2 Å². The van der Waals surface area contributed by atoms with Crippen LogP contribution in [0.5, 0.6) is 0 Å². The molecule has 0 amide bonds. The van der Waals surface area contributed by atoms with Gasteiger partial charge in [-0.25, -0.2) is 0 Å². The van der Waals surface area contributed by atoms with Crippen LogP contribution in [0.3, 0.4) is 0 Å². The largest absolute Gasteiger partial charge is 0.462 e. The summed E-state index contributed by atoms with van der Waals surface area (Å²) in [4.78, 5) is 38.4. The van der Waals surface area contributed by atoms with Gasteiger partial charge in [-0.2, -0.15) is 0 Å². The zero-order valence-electron chi connectivity index (χ0n) is 52.5. The van der Waals surface area contributed by atoms with E-state index in [1.54, 1.807) is 0 Å². The molecule has 458 valence electrons. The molecule has 0 N–H and O–H groups in total. The SMILES string of the molecule is CC/C=C\C/C=C\C/C=C\C/C=C\C/C=C\C/C=C\CCC(=O)OCC(COC(=O)CCCCCCCCCC/C=C\C/C=C\C/C=C\CCCCCCC)OC(=O)CCCCCCCC/C=C\C/C=C\C/C=C\CCCCCCC. The molecule has 0 aliphatic rings. The maximum Gasteiger partial charge on any atom is 0.306 e. The number of allylic oxidation sites excluding steroid dienone is 24. The molecule has 81 heavy (non-hydrogen) atoms. The Morgan fingerprint density at radius 1 is 0.259 bits per heavy atom. The molecule has 0 saturated heterocycles. The lowest BCUT2D eigenvalue weighted by Crippen LogP contribution is -2.30. The van der Waals surface area contributed by atoms with Crippen molar-refractivity contribution in [3.8, 4) is 0 Å². The number of rotatable bonds is 59. The molecular formula is C75H122O6. The molecule has 0 aliphatic carbocycles. The maximum absolute atomic E-state index is 12.9. The van der Waals surface area contributed by atoms with E-state index in [0.29, 0.717) is 19.3 Å². The molecule has 0 bridgehead atoms. The normalized spacial score (nSPS) is 13.1. The summed E-state index contributed by atoms with van der Waals surface area (Å²) in [7, 11) is 0. The summed E-state index contributed by atoms with van der Waals surface area (Å²) in [6, 6.07) is 0. The Bertz CT molecular complexity index is 1760. The molecule has 0 spiro atoms. The summed E-state index contributed by atoms with van der Waals surface area (Å²) in [5.74, 6) is -1.02. The van der Waals surface area contributed by atoms with E-state index in [1.165, 1.54) is 122 Å². The number of hydrogen-bond acceptors (Lipinski definition) is 6. The van der Waals surface area contributed by atoms with Gasteiger partial charge in [-0.05, 0) is 135 Å². The van der Waals surface area contributed by atoms with Crippen molar-refractivity contribution < 1.29 is 28.6 Å². The van der Waals surface area contributed by atoms with Crippen LogP contribution in [0.25, 0.3) is 0 Å². The number of ether oxygens (including phenoxy) is 3. The second kappa shape index (κ2) is 67.8. The number of esters is 3. The van der Waals surface area contributed by atoms with Gasteiger partial charge in [0.1, 0.15) is 13.2 Å². The third-order valence-electron chi connectivity index (χ3n) is 13.8. The van der Waals surface area contributed by atoms with Gasteiger partial charge in [0.15, 0.2) is 6.10 Å². The molecule has 1 atom stereocenters. The van der Waals surface area contributed by atoms with E-state index in [0.717, 1.165) is 122 Å². The van der Waals surface area contributed by atoms with E-state index < -0.39 is 6.10 Å². The van der Waals surface area contributed by atoms with Crippen molar-refractivity contribution in [1.29, 1.82) is 0 Å². The van der Waals surface area contributed by atoms with Crippen LogP contribution in [-0.4, -0.2) is 37.2 Å². The number of hydrogen-bond donors (Lipinski definition) is 0. The lowest BCUT2D eigenvalue weighted by Gasteiger charge is -2.18. The van der Waals surface area contributed by atoms with Crippen molar-refractivity contribution >= 4 is 17.9 Å². The molecule has 6 nitrogen and oxygen atoms in total. The first-order chi connectivity index (χ1) is 40.0. The predicted molar refractivity (Wildman–Crippen MR) is 352 cm³/mol. The molecule has 0 aromatic heterocycles. The van der Waals surface area contributed by atoms with E-state index in [9.17, 15) is 14.4 Å². The highest BCUT2D eigenvalue weighted by molar-refractivity contribution is 5.71. The Kier molecular flexibility index (Phi) is 63.9. The average Bonchev–Trinajstić information content (AvgIpc) is 3.47. The minimum atomic E-state index is -0.828. The fraction of sp³-hybridized carbons (Fsp3) is 0.640. The van der Waals surface area contributed by atoms with Crippen LogP contribution >= 0.6 is 0 Å². The van der Waals surface area contributed by atoms with Gasteiger partial charge in [-0.3, -0.25) is 14.4 Å². The lowest BCUT2D eigenvalue weighted by molar-refractivity contribution is -0.166. The summed E-state index contributed by atoms with van der Waals surface area (Å²) >= 11 is 0. The quantitative estimate of drug-likeness (QED) is 0.0261. The highest BCUT2D eigenvalue weighted by Gasteiger charge is 2.19. The van der Waals surface area contributed by atoms with Gasteiger partial charge in [0, 0.05) is 19.3 Å². The Hall–Kier alpha value is -4.71. The topological polar surface area (TPSA) is 78.9 Å². The van der Waals surface area contributed by atoms with Crippen molar-refractivity contribution in [1.82, 2.24) is 0 Å². The van der Waals surface area contributed by atoms with Gasteiger partial charge in [0.2, 0.25) is 0 Å². The summed E-state index contributed by atoms with van der Waals surface area (Å²) in [5, 5.41) is 0. The predicted octanol–water partition coefficient (Wildman–Crippen LogP) is 23.1. The van der Waals surface area contributed by atoms with E-state index in [-0.39, 0.29) is 37.5 Å². The van der Waals surface area contributed by atoms with Crippen molar-refractivity contribution in [3.05, 3.63) is 146 Å². The summed E-state index contributed by atoms with van der Waals surface area (Å²) in [6.07, 6.45) is 97.2. The number of carbonyl (C=O) groups is 3. The second-order valence-electron chi connectivity index (χ2n) is 21.6. The second-order valence-corrected chi connectivity index (χ2v) is 21.6. The molecule has 0 aromatic rings. The van der Waals surface area contributed by atoms with Crippen LogP contribution < -0.4 is 0 Å². The Labute approximate surface area is 499 Å². The standard InChI is InChI=1S/C75H122O6/c1-4-7-10-13-16-19-22-25-28-31-34-36-37-39-41-44-47-50-53-56-59-62-65-68-74(77)80-71-72(70-79-73(76)67-64-61-58-55-52-49-46-43-40-33-30-27-24-21-18-15-12-9-6-3)81-75(78)69-66-63-60-57-54-51-48-45-42-38-35-32-29-26-23-20-17-14-11-8-5-2/h9,12,18,21-23,25-27,30-32,34-35,37,39-40,42-43,45,49,52,58,61,72H,4-8,10-11,13-17,19-20,24,28-29,33,36,38,41,44,46-48,50-51,53-57,59-60,62-71H2,1-3H3/b12-9-,21-18-,25-22-,26-23-,30-27-,34-31-,35-32-,39-37-,43-40-,45-42-,52-49-,61-58-. The van der Waals surface area contributed by atoms with E-state index in [1.807, 2.05) is 6.08 Å². The van der Waals surface area contributed by atoms with Gasteiger partial charge in [-0.15, -0.1) is 0 Å². The van der Waals surface area contributed by atoms with Crippen LogP contribution in [0.1, 0.15) is 290 Å². The first-order valence-corrected chi connectivity index (χ1v) is 33.3. The third kappa shape index (κ3) is 66.0. The molecule has 0 aromatic carbocycles. The lowest BCUT2D eigenvalue weighted by atomic mass is 10.1. The van der Waals surface area contributed by atoms with Crippen LogP contribution in [-0.2, 0) is 28.6 Å². The van der Waals surface area contributed by atoms with Gasteiger partial charge < -0.3 is 14.2 Å². The van der Waals surface area contributed by atoms with Crippen LogP contribution in [0.2, 0.25) is 0 Å². The molecule has 6 heteroatoms. The Morgan fingerprint density at radius 2 is 0.506 bits per heavy atom. The minimum absolute atomic E-state index is 0.116. The van der Waals surface area contributed by atoms with Gasteiger partial charge >= 0.3 is 17.9 Å². The molecule has 0 radical (unpaired) electrons. The monoisotopic (exact) mass is 1120 g/mol. The third-order valence-corrected chi connectivity index (χ3v) is 13.8. The van der Waals surface area contributed by atoms with Crippen molar-refractivity contribution in [2.24, 2.45) is 0 Å². The average molecular weight is 1120 g/mol. The number of unbranched alkanes of at least 4 members (excludes halogenated alkanes) is 24. The highest BCUT2D eigenvalue weighted by Crippen LogP contribution is 2.14. The molecule has 0 rings (SSSR count). The van der Waals surface area contributed by atoms with Crippen molar-refractivity contribution in [2.45, 2.75) is 297 Å². The molecule has 1 unspecified atom stereocenters. The molecule has 0 saturated carbocycles. The van der Waals surface area contributed by atoms with Crippen molar-refractivity contribution in [3.63, 3.8) is 0 Å². The molecule has 0 fully saturated rings. The summed E-state index contributed by atoms with van der Waals surface area (Å²) in [6.45, 7) is 6.43. The molecule has 0 aliphatic heterocycles. The maximum atomic E-state index is 12.9. The van der Waals surface area contributed by atoms with Gasteiger partial charge in [0.25, 0.3) is 0 Å². The smallest absolute Gasteiger partial charge is 0.306 e. The summed E-state index contributed by atoms with van der Waals surface area (Å²) in [5.41, 5.74) is 0. The Balaban J connectivity index is 4.54. The zero-order chi connectivity index (χ0) is 58.5. The van der Waals surface area contributed by atoms with E-state index in [2.05, 4.69) is 161 Å². The highest BCUT2D eigenvalue weighted by atomic mass is 16.6.